The zero-order valence-electron chi connectivity index (χ0n) is 17.2. The Balaban J connectivity index is 1.57. The van der Waals surface area contributed by atoms with E-state index >= 15 is 0 Å². The summed E-state index contributed by atoms with van der Waals surface area (Å²) in [5, 5.41) is 8.38. The van der Waals surface area contributed by atoms with Crippen LogP contribution in [0.2, 0.25) is 0 Å². The van der Waals surface area contributed by atoms with Gasteiger partial charge in [-0.2, -0.15) is 5.10 Å². The van der Waals surface area contributed by atoms with Gasteiger partial charge < -0.3 is 10.1 Å². The maximum Gasteiger partial charge on any atom is 0.274 e. The number of ether oxygens (including phenoxy) is 1. The zero-order chi connectivity index (χ0) is 21.6. The Hall–Kier alpha value is -3.93. The van der Waals surface area contributed by atoms with Gasteiger partial charge in [-0.05, 0) is 35.7 Å². The van der Waals surface area contributed by atoms with Crippen molar-refractivity contribution in [1.82, 2.24) is 15.1 Å². The summed E-state index contributed by atoms with van der Waals surface area (Å²) < 4.78 is 6.53. The van der Waals surface area contributed by atoms with Crippen LogP contribution in [0.25, 0.3) is 10.8 Å². The first kappa shape index (κ1) is 20.3. The summed E-state index contributed by atoms with van der Waals surface area (Å²) in [5.74, 6) is 0.496. The number of hydrogen-bond donors (Lipinski definition) is 1. The Bertz CT molecular complexity index is 1250. The van der Waals surface area contributed by atoms with Gasteiger partial charge in [0.1, 0.15) is 5.75 Å². The molecular weight excluding hydrogens is 390 g/mol. The number of nitrogens with zero attached hydrogens (tertiary/aromatic N) is 2. The van der Waals surface area contributed by atoms with E-state index in [2.05, 4.69) is 10.4 Å². The van der Waals surface area contributed by atoms with Gasteiger partial charge in [-0.25, -0.2) is 4.68 Å². The van der Waals surface area contributed by atoms with Gasteiger partial charge in [-0.1, -0.05) is 60.7 Å². The van der Waals surface area contributed by atoms with Gasteiger partial charge in [0.15, 0.2) is 5.69 Å². The molecule has 156 valence electrons. The van der Waals surface area contributed by atoms with Crippen molar-refractivity contribution in [2.45, 2.75) is 13.0 Å². The molecule has 0 bridgehead atoms. The summed E-state index contributed by atoms with van der Waals surface area (Å²) in [6.45, 7) is 0.760. The third-order valence-corrected chi connectivity index (χ3v) is 5.12. The second-order valence-corrected chi connectivity index (χ2v) is 7.20. The number of carbonyl (C=O) groups is 1. The SMILES string of the molecule is COc1ccc(CCNC(=O)c2nn(Cc3ccccc3)c(=O)c3ccccc23)cc1. The van der Waals surface area contributed by atoms with Crippen LogP contribution in [0.1, 0.15) is 21.6 Å². The Labute approximate surface area is 180 Å². The number of hydrogen-bond acceptors (Lipinski definition) is 4. The predicted molar refractivity (Wildman–Crippen MR) is 121 cm³/mol. The van der Waals surface area contributed by atoms with E-state index in [1.807, 2.05) is 54.6 Å². The zero-order valence-corrected chi connectivity index (χ0v) is 17.2. The molecule has 6 heteroatoms. The fraction of sp³-hybridized carbons (Fsp3) is 0.160. The van der Waals surface area contributed by atoms with Gasteiger partial charge in [0, 0.05) is 11.9 Å². The molecule has 0 spiro atoms. The smallest absolute Gasteiger partial charge is 0.274 e. The van der Waals surface area contributed by atoms with Gasteiger partial charge in [0.25, 0.3) is 11.5 Å². The highest BCUT2D eigenvalue weighted by atomic mass is 16.5. The van der Waals surface area contributed by atoms with Crippen LogP contribution in [0.5, 0.6) is 5.75 Å². The first-order chi connectivity index (χ1) is 15.2. The van der Waals surface area contributed by atoms with Crippen LogP contribution >= 0.6 is 0 Å². The summed E-state index contributed by atoms with van der Waals surface area (Å²) in [5.41, 5.74) is 2.07. The van der Waals surface area contributed by atoms with Crippen LogP contribution < -0.4 is 15.6 Å². The minimum atomic E-state index is -0.300. The first-order valence-electron chi connectivity index (χ1n) is 10.1. The average Bonchev–Trinajstić information content (AvgIpc) is 2.82. The molecule has 1 amide bonds. The van der Waals surface area contributed by atoms with Crippen molar-refractivity contribution < 1.29 is 9.53 Å². The highest BCUT2D eigenvalue weighted by molar-refractivity contribution is 6.04. The molecule has 0 atom stereocenters. The van der Waals surface area contributed by atoms with Gasteiger partial charge in [-0.15, -0.1) is 0 Å². The molecule has 0 radical (unpaired) electrons. The number of fused-ring (bicyclic) bond motifs is 1. The average molecular weight is 413 g/mol. The van der Waals surface area contributed by atoms with Crippen molar-refractivity contribution in [3.8, 4) is 5.75 Å². The van der Waals surface area contributed by atoms with Gasteiger partial charge in [-0.3, -0.25) is 9.59 Å². The quantitative estimate of drug-likeness (QED) is 0.504. The summed E-state index contributed by atoms with van der Waals surface area (Å²) in [4.78, 5) is 25.9. The molecule has 6 nitrogen and oxygen atoms in total. The number of methoxy groups -OCH3 is 1. The molecule has 1 aromatic heterocycles. The predicted octanol–water partition coefficient (Wildman–Crippen LogP) is 3.43. The molecule has 0 saturated carbocycles. The van der Waals surface area contributed by atoms with Crippen molar-refractivity contribution in [2.24, 2.45) is 0 Å². The molecule has 0 saturated heterocycles. The first-order valence-corrected chi connectivity index (χ1v) is 10.1. The van der Waals surface area contributed by atoms with Crippen LogP contribution in [-0.4, -0.2) is 29.3 Å². The molecule has 31 heavy (non-hydrogen) atoms. The van der Waals surface area contributed by atoms with Crippen LogP contribution in [-0.2, 0) is 13.0 Å². The minimum absolute atomic E-state index is 0.214. The van der Waals surface area contributed by atoms with E-state index < -0.39 is 0 Å². The van der Waals surface area contributed by atoms with Crippen LogP contribution in [0, 0.1) is 0 Å². The molecule has 3 aromatic carbocycles. The number of nitrogens with one attached hydrogen (secondary N) is 1. The molecule has 4 rings (SSSR count). The normalized spacial score (nSPS) is 10.7. The Morgan fingerprint density at radius 1 is 0.903 bits per heavy atom. The lowest BCUT2D eigenvalue weighted by molar-refractivity contribution is 0.0948. The molecule has 4 aromatic rings. The summed E-state index contributed by atoms with van der Waals surface area (Å²) >= 11 is 0. The van der Waals surface area contributed by atoms with Crippen molar-refractivity contribution in [2.75, 3.05) is 13.7 Å². The van der Waals surface area contributed by atoms with E-state index in [-0.39, 0.29) is 17.2 Å². The van der Waals surface area contributed by atoms with Crippen molar-refractivity contribution >= 4 is 16.7 Å². The van der Waals surface area contributed by atoms with E-state index in [0.717, 1.165) is 16.9 Å². The lowest BCUT2D eigenvalue weighted by atomic mass is 10.1. The third-order valence-electron chi connectivity index (χ3n) is 5.12. The van der Waals surface area contributed by atoms with Crippen LogP contribution in [0.3, 0.4) is 0 Å². The largest absolute Gasteiger partial charge is 0.497 e. The monoisotopic (exact) mass is 413 g/mol. The van der Waals surface area contributed by atoms with Gasteiger partial charge in [0.05, 0.1) is 19.0 Å². The Kier molecular flexibility index (Phi) is 6.08. The number of rotatable bonds is 7. The lowest BCUT2D eigenvalue weighted by Crippen LogP contribution is -2.32. The van der Waals surface area contributed by atoms with Crippen molar-refractivity contribution in [1.29, 1.82) is 0 Å². The maximum absolute atomic E-state index is 13.0. The molecule has 0 aliphatic rings. The highest BCUT2D eigenvalue weighted by Crippen LogP contribution is 2.14. The Morgan fingerprint density at radius 2 is 1.58 bits per heavy atom. The Morgan fingerprint density at radius 3 is 2.29 bits per heavy atom. The second kappa shape index (κ2) is 9.26. The topological polar surface area (TPSA) is 73.2 Å². The lowest BCUT2D eigenvalue weighted by Gasteiger charge is -2.12. The number of amides is 1. The summed E-state index contributed by atoms with van der Waals surface area (Å²) in [6.07, 6.45) is 0.678. The van der Waals surface area contributed by atoms with Crippen molar-refractivity contribution in [3.05, 3.63) is 106 Å². The second-order valence-electron chi connectivity index (χ2n) is 7.20. The summed E-state index contributed by atoms with van der Waals surface area (Å²) in [6, 6.07) is 24.4. The van der Waals surface area contributed by atoms with Gasteiger partial charge in [0.2, 0.25) is 0 Å². The fourth-order valence-corrected chi connectivity index (χ4v) is 3.46. The molecule has 1 heterocycles. The highest BCUT2D eigenvalue weighted by Gasteiger charge is 2.16. The molecule has 0 aliphatic carbocycles. The molecular formula is C25H23N3O3. The number of benzene rings is 3. The molecule has 0 fully saturated rings. The fourth-order valence-electron chi connectivity index (χ4n) is 3.46. The van der Waals surface area contributed by atoms with Crippen LogP contribution in [0.4, 0.5) is 0 Å². The number of carbonyl (C=O) groups excluding carboxylic acids is 1. The number of aromatic nitrogens is 2. The van der Waals surface area contributed by atoms with E-state index in [9.17, 15) is 9.59 Å². The standard InChI is InChI=1S/C25H23N3O3/c1-31-20-13-11-18(12-14-20)15-16-26-24(29)23-21-9-5-6-10-22(21)25(30)28(27-23)17-19-7-3-2-4-8-19/h2-14H,15-17H2,1H3,(H,26,29). The van der Waals surface area contributed by atoms with Crippen molar-refractivity contribution in [3.63, 3.8) is 0 Å². The van der Waals surface area contributed by atoms with E-state index in [1.54, 1.807) is 31.4 Å². The molecule has 0 aliphatic heterocycles. The van der Waals surface area contributed by atoms with E-state index in [0.29, 0.717) is 30.3 Å². The third kappa shape index (κ3) is 4.64. The summed E-state index contributed by atoms with van der Waals surface area (Å²) in [7, 11) is 1.63. The van der Waals surface area contributed by atoms with E-state index in [1.165, 1.54) is 4.68 Å². The molecule has 0 unspecified atom stereocenters. The van der Waals surface area contributed by atoms with E-state index in [4.69, 9.17) is 4.74 Å². The maximum atomic E-state index is 13.0. The minimum Gasteiger partial charge on any atom is -0.497 e. The molecule has 1 N–H and O–H groups in total. The van der Waals surface area contributed by atoms with Gasteiger partial charge >= 0.3 is 0 Å². The van der Waals surface area contributed by atoms with Crippen LogP contribution in [0.15, 0.2) is 83.7 Å².